The summed E-state index contributed by atoms with van der Waals surface area (Å²) in [4.78, 5) is 26.8. The van der Waals surface area contributed by atoms with Crippen molar-refractivity contribution in [3.63, 3.8) is 0 Å². The standard InChI is InChI=1S/C23H28N2O5/c1-16(17-9-10-20(21(13-17)29-3)30-12-11-28-2)24-23(27)18-14-22(26)25(15-18)19-7-5-4-6-8-19/h4-10,13,16,18H,11-12,14-15H2,1-3H3,(H,24,27)/t16-,18-/m0/s1. The highest BCUT2D eigenvalue weighted by molar-refractivity contribution is 6.00. The minimum absolute atomic E-state index is 0.0340. The number of hydrogen-bond donors (Lipinski definition) is 1. The third-order valence-electron chi connectivity index (χ3n) is 5.16. The monoisotopic (exact) mass is 412 g/mol. The number of para-hydroxylation sites is 1. The van der Waals surface area contributed by atoms with E-state index in [1.807, 2.05) is 55.5 Å². The molecule has 0 aromatic heterocycles. The Kier molecular flexibility index (Phi) is 7.30. The number of carbonyl (C=O) groups excluding carboxylic acids is 2. The first-order valence-electron chi connectivity index (χ1n) is 9.99. The summed E-state index contributed by atoms with van der Waals surface area (Å²) in [6.45, 7) is 3.20. The molecule has 160 valence electrons. The fourth-order valence-corrected chi connectivity index (χ4v) is 3.46. The Morgan fingerprint density at radius 3 is 2.60 bits per heavy atom. The van der Waals surface area contributed by atoms with E-state index in [2.05, 4.69) is 5.32 Å². The molecule has 0 unspecified atom stereocenters. The van der Waals surface area contributed by atoms with Crippen LogP contribution in [-0.4, -0.2) is 45.8 Å². The minimum Gasteiger partial charge on any atom is -0.493 e. The zero-order valence-electron chi connectivity index (χ0n) is 17.6. The lowest BCUT2D eigenvalue weighted by Gasteiger charge is -2.20. The molecule has 0 radical (unpaired) electrons. The van der Waals surface area contributed by atoms with Crippen LogP contribution >= 0.6 is 0 Å². The fraction of sp³-hybridized carbons (Fsp3) is 0.391. The van der Waals surface area contributed by atoms with Crippen LogP contribution in [0.5, 0.6) is 11.5 Å². The first-order chi connectivity index (χ1) is 14.5. The summed E-state index contributed by atoms with van der Waals surface area (Å²) in [6, 6.07) is 14.8. The number of carbonyl (C=O) groups is 2. The molecule has 3 rings (SSSR count). The number of hydrogen-bond acceptors (Lipinski definition) is 5. The number of amides is 2. The minimum atomic E-state index is -0.376. The maximum Gasteiger partial charge on any atom is 0.227 e. The van der Waals surface area contributed by atoms with E-state index in [9.17, 15) is 9.59 Å². The van der Waals surface area contributed by atoms with Crippen LogP contribution < -0.4 is 19.7 Å². The lowest BCUT2D eigenvalue weighted by atomic mass is 10.0. The third kappa shape index (κ3) is 5.10. The van der Waals surface area contributed by atoms with Gasteiger partial charge in [0.25, 0.3) is 0 Å². The predicted molar refractivity (Wildman–Crippen MR) is 114 cm³/mol. The van der Waals surface area contributed by atoms with E-state index in [0.29, 0.717) is 31.3 Å². The van der Waals surface area contributed by atoms with Crippen LogP contribution in [-0.2, 0) is 14.3 Å². The molecule has 2 atom stereocenters. The second-order valence-electron chi connectivity index (χ2n) is 7.22. The van der Waals surface area contributed by atoms with Crippen LogP contribution in [0.15, 0.2) is 48.5 Å². The van der Waals surface area contributed by atoms with E-state index in [4.69, 9.17) is 14.2 Å². The molecule has 1 aliphatic rings. The van der Waals surface area contributed by atoms with Crippen LogP contribution in [0.1, 0.15) is 24.9 Å². The molecular weight excluding hydrogens is 384 g/mol. The quantitative estimate of drug-likeness (QED) is 0.641. The highest BCUT2D eigenvalue weighted by atomic mass is 16.5. The Morgan fingerprint density at radius 2 is 1.90 bits per heavy atom. The van der Waals surface area contributed by atoms with Crippen molar-refractivity contribution in [2.75, 3.05) is 38.9 Å². The number of nitrogens with zero attached hydrogens (tertiary/aromatic N) is 1. The second kappa shape index (κ2) is 10.1. The Hall–Kier alpha value is -3.06. The summed E-state index contributed by atoms with van der Waals surface area (Å²) < 4.78 is 16.1. The Morgan fingerprint density at radius 1 is 1.13 bits per heavy atom. The third-order valence-corrected chi connectivity index (χ3v) is 5.16. The van der Waals surface area contributed by atoms with E-state index in [0.717, 1.165) is 11.3 Å². The van der Waals surface area contributed by atoms with Crippen LogP contribution in [0.3, 0.4) is 0 Å². The van der Waals surface area contributed by atoms with Crippen LogP contribution in [0.4, 0.5) is 5.69 Å². The summed E-state index contributed by atoms with van der Waals surface area (Å²) in [6.07, 6.45) is 0.211. The van der Waals surface area contributed by atoms with Gasteiger partial charge in [0.05, 0.1) is 25.7 Å². The molecule has 0 aliphatic carbocycles. The molecule has 1 fully saturated rings. The van der Waals surface area contributed by atoms with Crippen molar-refractivity contribution in [3.05, 3.63) is 54.1 Å². The normalized spacial score (nSPS) is 17.0. The van der Waals surface area contributed by atoms with Crippen molar-refractivity contribution in [3.8, 4) is 11.5 Å². The number of ether oxygens (including phenoxy) is 3. The number of nitrogens with one attached hydrogen (secondary N) is 1. The summed E-state index contributed by atoms with van der Waals surface area (Å²) in [7, 11) is 3.19. The van der Waals surface area contributed by atoms with Gasteiger partial charge in [0.1, 0.15) is 6.61 Å². The molecule has 0 bridgehead atoms. The van der Waals surface area contributed by atoms with E-state index in [1.54, 1.807) is 19.1 Å². The Bertz CT molecular complexity index is 871. The maximum absolute atomic E-state index is 12.8. The number of rotatable bonds is 9. The number of methoxy groups -OCH3 is 2. The summed E-state index contributed by atoms with van der Waals surface area (Å²) in [5.41, 5.74) is 1.71. The molecule has 0 saturated carbocycles. The second-order valence-corrected chi connectivity index (χ2v) is 7.22. The first kappa shape index (κ1) is 21.6. The average molecular weight is 412 g/mol. The van der Waals surface area contributed by atoms with Crippen LogP contribution in [0, 0.1) is 5.92 Å². The smallest absolute Gasteiger partial charge is 0.227 e. The molecule has 0 spiro atoms. The van der Waals surface area contributed by atoms with Crippen molar-refractivity contribution in [2.45, 2.75) is 19.4 Å². The van der Waals surface area contributed by atoms with Crippen LogP contribution in [0.2, 0.25) is 0 Å². The van der Waals surface area contributed by atoms with Gasteiger partial charge in [0, 0.05) is 25.8 Å². The van der Waals surface area contributed by atoms with Gasteiger partial charge in [0.2, 0.25) is 11.8 Å². The van der Waals surface area contributed by atoms with E-state index in [1.165, 1.54) is 0 Å². The van der Waals surface area contributed by atoms with Gasteiger partial charge in [-0.25, -0.2) is 0 Å². The van der Waals surface area contributed by atoms with Gasteiger partial charge in [-0.1, -0.05) is 24.3 Å². The average Bonchev–Trinajstić information content (AvgIpc) is 3.16. The fourth-order valence-electron chi connectivity index (χ4n) is 3.46. The molecule has 30 heavy (non-hydrogen) atoms. The predicted octanol–water partition coefficient (Wildman–Crippen LogP) is 2.95. The van der Waals surface area contributed by atoms with Crippen LogP contribution in [0.25, 0.3) is 0 Å². The largest absolute Gasteiger partial charge is 0.493 e. The zero-order chi connectivity index (χ0) is 21.5. The van der Waals surface area contributed by atoms with Crippen molar-refractivity contribution in [1.82, 2.24) is 5.32 Å². The van der Waals surface area contributed by atoms with Crippen molar-refractivity contribution in [1.29, 1.82) is 0 Å². The summed E-state index contributed by atoms with van der Waals surface area (Å²) >= 11 is 0. The highest BCUT2D eigenvalue weighted by Crippen LogP contribution is 2.31. The summed E-state index contributed by atoms with van der Waals surface area (Å²) in [5, 5.41) is 3.02. The lowest BCUT2D eigenvalue weighted by molar-refractivity contribution is -0.126. The van der Waals surface area contributed by atoms with Crippen molar-refractivity contribution < 1.29 is 23.8 Å². The maximum atomic E-state index is 12.8. The molecule has 7 heteroatoms. The van der Waals surface area contributed by atoms with Gasteiger partial charge in [-0.05, 0) is 36.8 Å². The molecule has 1 N–H and O–H groups in total. The van der Waals surface area contributed by atoms with E-state index >= 15 is 0 Å². The van der Waals surface area contributed by atoms with Gasteiger partial charge >= 0.3 is 0 Å². The number of anilines is 1. The van der Waals surface area contributed by atoms with E-state index < -0.39 is 0 Å². The van der Waals surface area contributed by atoms with Gasteiger partial charge < -0.3 is 24.4 Å². The topological polar surface area (TPSA) is 77.1 Å². The molecule has 2 aromatic rings. The Balaban J connectivity index is 1.62. The Labute approximate surface area is 176 Å². The zero-order valence-corrected chi connectivity index (χ0v) is 17.6. The molecular formula is C23H28N2O5. The summed E-state index contributed by atoms with van der Waals surface area (Å²) in [5.74, 6) is 0.674. The van der Waals surface area contributed by atoms with Gasteiger partial charge in [-0.3, -0.25) is 9.59 Å². The lowest BCUT2D eigenvalue weighted by Crippen LogP contribution is -2.34. The van der Waals surface area contributed by atoms with E-state index in [-0.39, 0.29) is 30.2 Å². The SMILES string of the molecule is COCCOc1ccc([C@H](C)NC(=O)[C@H]2CC(=O)N(c3ccccc3)C2)cc1OC. The molecule has 7 nitrogen and oxygen atoms in total. The van der Waals surface area contributed by atoms with Gasteiger partial charge in [0.15, 0.2) is 11.5 Å². The molecule has 2 amide bonds. The first-order valence-corrected chi connectivity index (χ1v) is 9.99. The molecule has 2 aromatic carbocycles. The van der Waals surface area contributed by atoms with Crippen molar-refractivity contribution in [2.24, 2.45) is 5.92 Å². The van der Waals surface area contributed by atoms with Gasteiger partial charge in [-0.2, -0.15) is 0 Å². The van der Waals surface area contributed by atoms with Gasteiger partial charge in [-0.15, -0.1) is 0 Å². The number of benzene rings is 2. The molecule has 1 aliphatic heterocycles. The molecule has 1 heterocycles. The van der Waals surface area contributed by atoms with Crippen molar-refractivity contribution >= 4 is 17.5 Å². The molecule has 1 saturated heterocycles. The highest BCUT2D eigenvalue weighted by Gasteiger charge is 2.35.